The zero-order chi connectivity index (χ0) is 18.5. The van der Waals surface area contributed by atoms with Gasteiger partial charge in [0.25, 0.3) is 0 Å². The van der Waals surface area contributed by atoms with E-state index < -0.39 is 5.41 Å². The number of hydrogen-bond donors (Lipinski definition) is 1. The summed E-state index contributed by atoms with van der Waals surface area (Å²) in [7, 11) is 0. The number of nitrogens with two attached hydrogens (primary N) is 1. The van der Waals surface area contributed by atoms with Crippen LogP contribution in [0, 0.1) is 57.2 Å². The van der Waals surface area contributed by atoms with Crippen molar-refractivity contribution in [2.45, 2.75) is 41.0 Å². The van der Waals surface area contributed by atoms with Crippen LogP contribution in [0.2, 0.25) is 0 Å². The van der Waals surface area contributed by atoms with Gasteiger partial charge in [-0.3, -0.25) is 5.01 Å². The van der Waals surface area contributed by atoms with Gasteiger partial charge in [0.05, 0.1) is 23.8 Å². The van der Waals surface area contributed by atoms with Crippen LogP contribution in [0.15, 0.2) is 16.4 Å². The van der Waals surface area contributed by atoms with E-state index in [9.17, 15) is 15.8 Å². The van der Waals surface area contributed by atoms with E-state index in [4.69, 9.17) is 10.8 Å². The van der Waals surface area contributed by atoms with E-state index in [0.717, 1.165) is 18.8 Å². The van der Waals surface area contributed by atoms with Gasteiger partial charge in [0, 0.05) is 36.3 Å². The highest BCUT2D eigenvalue weighted by molar-refractivity contribution is 5.90. The highest BCUT2D eigenvalue weighted by Crippen LogP contribution is 2.52. The highest BCUT2D eigenvalue weighted by atomic mass is 15.4. The molecule has 128 valence electrons. The van der Waals surface area contributed by atoms with Crippen molar-refractivity contribution in [3.63, 3.8) is 0 Å². The van der Waals surface area contributed by atoms with Crippen molar-refractivity contribution in [3.8, 4) is 18.2 Å². The van der Waals surface area contributed by atoms with Gasteiger partial charge in [0.15, 0.2) is 5.41 Å². The standard InChI is InChI=1S/C18H26N6/c1-6-14(23-24(7-2)8-3)15-16(12(4)5)18(10-20,11-21)13(9-19)17(15)22/h12,15-16H,6-8,22H2,1-5H3. The fourth-order valence-corrected chi connectivity index (χ4v) is 3.60. The Morgan fingerprint density at radius 3 is 2.08 bits per heavy atom. The first kappa shape index (κ1) is 19.5. The molecule has 0 saturated heterocycles. The second-order valence-corrected chi connectivity index (χ2v) is 6.31. The van der Waals surface area contributed by atoms with Crippen molar-refractivity contribution in [2.75, 3.05) is 13.1 Å². The van der Waals surface area contributed by atoms with Gasteiger partial charge < -0.3 is 5.73 Å². The normalized spacial score (nSPS) is 22.9. The minimum Gasteiger partial charge on any atom is -0.401 e. The third-order valence-electron chi connectivity index (χ3n) is 4.78. The van der Waals surface area contributed by atoms with Gasteiger partial charge in [0.1, 0.15) is 0 Å². The summed E-state index contributed by atoms with van der Waals surface area (Å²) in [6.45, 7) is 11.5. The Labute approximate surface area is 144 Å². The molecule has 0 bridgehead atoms. The van der Waals surface area contributed by atoms with Crippen LogP contribution in [0.4, 0.5) is 0 Å². The predicted octanol–water partition coefficient (Wildman–Crippen LogP) is 2.77. The lowest BCUT2D eigenvalue weighted by molar-refractivity contribution is 0.259. The minimum atomic E-state index is -1.50. The van der Waals surface area contributed by atoms with Gasteiger partial charge in [-0.1, -0.05) is 20.8 Å². The number of rotatable bonds is 6. The lowest BCUT2D eigenvalue weighted by atomic mass is 9.67. The summed E-state index contributed by atoms with van der Waals surface area (Å²) in [5, 5.41) is 35.6. The first-order valence-corrected chi connectivity index (χ1v) is 8.43. The lowest BCUT2D eigenvalue weighted by Gasteiger charge is -2.32. The van der Waals surface area contributed by atoms with E-state index in [2.05, 4.69) is 12.1 Å². The number of nitriles is 3. The van der Waals surface area contributed by atoms with E-state index >= 15 is 0 Å². The number of allylic oxidation sites excluding steroid dienone is 2. The molecule has 0 heterocycles. The summed E-state index contributed by atoms with van der Waals surface area (Å²) < 4.78 is 0. The predicted molar refractivity (Wildman–Crippen MR) is 93.0 cm³/mol. The molecule has 2 N–H and O–H groups in total. The summed E-state index contributed by atoms with van der Waals surface area (Å²) >= 11 is 0. The maximum absolute atomic E-state index is 9.74. The van der Waals surface area contributed by atoms with Crippen molar-refractivity contribution in [1.82, 2.24) is 5.01 Å². The van der Waals surface area contributed by atoms with E-state index in [1.165, 1.54) is 0 Å². The molecule has 0 aliphatic heterocycles. The lowest BCUT2D eigenvalue weighted by Crippen LogP contribution is -2.37. The van der Waals surface area contributed by atoms with Crippen LogP contribution in [-0.2, 0) is 0 Å². The number of hydrogen-bond acceptors (Lipinski definition) is 6. The molecule has 0 amide bonds. The molecule has 0 aromatic rings. The Balaban J connectivity index is 3.62. The molecule has 0 saturated carbocycles. The molecular weight excluding hydrogens is 300 g/mol. The average molecular weight is 326 g/mol. The molecule has 0 aromatic carbocycles. The van der Waals surface area contributed by atoms with E-state index in [1.54, 1.807) is 0 Å². The third-order valence-corrected chi connectivity index (χ3v) is 4.78. The Morgan fingerprint density at radius 2 is 1.75 bits per heavy atom. The quantitative estimate of drug-likeness (QED) is 0.595. The zero-order valence-electron chi connectivity index (χ0n) is 15.2. The van der Waals surface area contributed by atoms with Crippen molar-refractivity contribution in [1.29, 1.82) is 15.8 Å². The average Bonchev–Trinajstić information content (AvgIpc) is 2.84. The Hall–Kier alpha value is -2.52. The van der Waals surface area contributed by atoms with Gasteiger partial charge >= 0.3 is 0 Å². The molecule has 1 aliphatic rings. The molecule has 6 nitrogen and oxygen atoms in total. The molecule has 6 heteroatoms. The van der Waals surface area contributed by atoms with E-state index in [1.807, 2.05) is 45.7 Å². The molecule has 1 rings (SSSR count). The van der Waals surface area contributed by atoms with Gasteiger partial charge in [-0.05, 0) is 26.2 Å². The van der Waals surface area contributed by atoms with Crippen molar-refractivity contribution in [3.05, 3.63) is 11.3 Å². The first-order chi connectivity index (χ1) is 11.4. The third kappa shape index (κ3) is 2.95. The fourth-order valence-electron chi connectivity index (χ4n) is 3.60. The summed E-state index contributed by atoms with van der Waals surface area (Å²) in [5.74, 6) is -0.729. The van der Waals surface area contributed by atoms with Crippen molar-refractivity contribution >= 4 is 5.71 Å². The van der Waals surface area contributed by atoms with Gasteiger partial charge in [-0.25, -0.2) is 0 Å². The largest absolute Gasteiger partial charge is 0.401 e. The second-order valence-electron chi connectivity index (χ2n) is 6.31. The highest BCUT2D eigenvalue weighted by Gasteiger charge is 2.57. The summed E-state index contributed by atoms with van der Waals surface area (Å²) in [6, 6.07) is 6.20. The molecule has 0 aromatic heterocycles. The minimum absolute atomic E-state index is 0.00662. The Bertz CT molecular complexity index is 634. The molecule has 1 aliphatic carbocycles. The molecule has 2 atom stereocenters. The Morgan fingerprint density at radius 1 is 1.21 bits per heavy atom. The number of nitrogens with zero attached hydrogens (tertiary/aromatic N) is 5. The topological polar surface area (TPSA) is 113 Å². The van der Waals surface area contributed by atoms with Crippen LogP contribution < -0.4 is 5.73 Å². The molecule has 0 spiro atoms. The fraction of sp³-hybridized carbons (Fsp3) is 0.667. The smallest absolute Gasteiger partial charge is 0.184 e. The van der Waals surface area contributed by atoms with Crippen LogP contribution in [0.25, 0.3) is 0 Å². The van der Waals surface area contributed by atoms with Crippen LogP contribution >= 0.6 is 0 Å². The molecule has 24 heavy (non-hydrogen) atoms. The number of hydrazone groups is 1. The van der Waals surface area contributed by atoms with Gasteiger partial charge in [-0.2, -0.15) is 20.9 Å². The SMILES string of the molecule is CCC(=NN(CC)CC)C1C(N)=C(C#N)C(C#N)(C#N)C1C(C)C. The maximum atomic E-state index is 9.74. The van der Waals surface area contributed by atoms with Gasteiger partial charge in [0.2, 0.25) is 0 Å². The summed E-state index contributed by atoms with van der Waals surface area (Å²) in [5.41, 5.74) is 6.03. The second kappa shape index (κ2) is 7.84. The van der Waals surface area contributed by atoms with Crippen LogP contribution in [-0.4, -0.2) is 23.8 Å². The van der Waals surface area contributed by atoms with Crippen LogP contribution in [0.1, 0.15) is 41.0 Å². The molecule has 0 fully saturated rings. The monoisotopic (exact) mass is 326 g/mol. The molecule has 2 unspecified atom stereocenters. The molecular formula is C18H26N6. The summed E-state index contributed by atoms with van der Waals surface area (Å²) in [6.07, 6.45) is 0.650. The van der Waals surface area contributed by atoms with Crippen molar-refractivity contribution < 1.29 is 0 Å². The zero-order valence-corrected chi connectivity index (χ0v) is 15.2. The Kier molecular flexibility index (Phi) is 6.38. The first-order valence-electron chi connectivity index (χ1n) is 8.43. The van der Waals surface area contributed by atoms with Gasteiger partial charge in [-0.15, -0.1) is 0 Å². The summed E-state index contributed by atoms with van der Waals surface area (Å²) in [4.78, 5) is 0. The van der Waals surface area contributed by atoms with Crippen molar-refractivity contribution in [2.24, 2.45) is 34.0 Å². The van der Waals surface area contributed by atoms with E-state index in [0.29, 0.717) is 12.1 Å². The maximum Gasteiger partial charge on any atom is 0.184 e. The van der Waals surface area contributed by atoms with E-state index in [-0.39, 0.29) is 23.3 Å². The van der Waals surface area contributed by atoms with Crippen LogP contribution in [0.5, 0.6) is 0 Å². The molecule has 0 radical (unpaired) electrons. The van der Waals surface area contributed by atoms with Crippen LogP contribution in [0.3, 0.4) is 0 Å².